The number of aromatic nitrogens is 4. The van der Waals surface area contributed by atoms with Crippen LogP contribution in [-0.2, 0) is 0 Å². The van der Waals surface area contributed by atoms with E-state index in [-0.39, 0.29) is 0 Å². The van der Waals surface area contributed by atoms with Crippen LogP contribution in [0.2, 0.25) is 0 Å². The van der Waals surface area contributed by atoms with E-state index in [1.54, 1.807) is 0 Å². The number of benzene rings is 4. The van der Waals surface area contributed by atoms with E-state index < -0.39 is 0 Å². The molecule has 4 aromatic heterocycles. The molecule has 0 bridgehead atoms. The average Bonchev–Trinajstić information content (AvgIpc) is 3.07. The van der Waals surface area contributed by atoms with Crippen molar-refractivity contribution >= 4 is 55.8 Å². The molecule has 0 saturated carbocycles. The van der Waals surface area contributed by atoms with Gasteiger partial charge in [0.2, 0.25) is 0 Å². The summed E-state index contributed by atoms with van der Waals surface area (Å²) in [5, 5.41) is 4.39. The van der Waals surface area contributed by atoms with E-state index in [2.05, 4.69) is 131 Å². The Labute approximate surface area is 242 Å². The molecule has 42 heavy (non-hydrogen) atoms. The van der Waals surface area contributed by atoms with Crippen molar-refractivity contribution in [3.8, 4) is 22.5 Å². The topological polar surface area (TPSA) is 51.6 Å². The average molecular weight is 537 g/mol. The fourth-order valence-electron chi connectivity index (χ4n) is 5.49. The number of rotatable bonds is 4. The maximum Gasteiger partial charge on any atom is 0.0972 e. The monoisotopic (exact) mass is 536 g/mol. The van der Waals surface area contributed by atoms with E-state index in [0.717, 1.165) is 77.3 Å². The van der Waals surface area contributed by atoms with Crippen LogP contribution in [0.1, 0.15) is 11.1 Å². The van der Waals surface area contributed by atoms with Gasteiger partial charge in [-0.15, -0.1) is 0 Å². The van der Waals surface area contributed by atoms with E-state index in [9.17, 15) is 0 Å². The summed E-state index contributed by atoms with van der Waals surface area (Å²) in [7, 11) is 0. The molecular formula is C38H24N4. The third kappa shape index (κ3) is 4.36. The maximum atomic E-state index is 4.97. The first-order valence-corrected chi connectivity index (χ1v) is 14.0. The predicted molar refractivity (Wildman–Crippen MR) is 174 cm³/mol. The number of nitrogens with zero attached hydrogens (tertiary/aromatic N) is 4. The van der Waals surface area contributed by atoms with Gasteiger partial charge < -0.3 is 0 Å². The van der Waals surface area contributed by atoms with Crippen LogP contribution in [0.5, 0.6) is 0 Å². The van der Waals surface area contributed by atoms with E-state index in [4.69, 9.17) is 9.97 Å². The number of pyridine rings is 4. The van der Waals surface area contributed by atoms with Crippen molar-refractivity contribution in [1.29, 1.82) is 0 Å². The van der Waals surface area contributed by atoms with Crippen LogP contribution in [0.4, 0.5) is 0 Å². The van der Waals surface area contributed by atoms with Gasteiger partial charge >= 0.3 is 0 Å². The fraction of sp³-hybridized carbons (Fsp3) is 0. The molecule has 0 aliphatic rings. The normalized spacial score (nSPS) is 11.7. The van der Waals surface area contributed by atoms with Crippen molar-refractivity contribution in [2.75, 3.05) is 0 Å². The van der Waals surface area contributed by atoms with Crippen molar-refractivity contribution in [3.05, 3.63) is 145 Å². The first-order valence-electron chi connectivity index (χ1n) is 14.0. The summed E-state index contributed by atoms with van der Waals surface area (Å²) in [6.45, 7) is 0. The van der Waals surface area contributed by atoms with Gasteiger partial charge in [0.1, 0.15) is 0 Å². The Morgan fingerprint density at radius 3 is 1.17 bits per heavy atom. The van der Waals surface area contributed by atoms with E-state index in [1.807, 2.05) is 24.5 Å². The Hall–Kier alpha value is -5.74. The van der Waals surface area contributed by atoms with Crippen LogP contribution in [-0.4, -0.2) is 19.9 Å². The molecule has 0 aliphatic heterocycles. The Morgan fingerprint density at radius 1 is 0.357 bits per heavy atom. The highest BCUT2D eigenvalue weighted by Crippen LogP contribution is 2.28. The van der Waals surface area contributed by atoms with Gasteiger partial charge in [0, 0.05) is 45.1 Å². The fourth-order valence-corrected chi connectivity index (χ4v) is 5.49. The lowest BCUT2D eigenvalue weighted by atomic mass is 10.0. The molecular weight excluding hydrogens is 512 g/mol. The van der Waals surface area contributed by atoms with Crippen molar-refractivity contribution in [2.24, 2.45) is 0 Å². The summed E-state index contributed by atoms with van der Waals surface area (Å²) in [5.74, 6) is 0. The summed E-state index contributed by atoms with van der Waals surface area (Å²) >= 11 is 0. The van der Waals surface area contributed by atoms with Crippen LogP contribution >= 0.6 is 0 Å². The Bertz CT molecular complexity index is 2120. The van der Waals surface area contributed by atoms with E-state index in [1.165, 1.54) is 0 Å². The second-order valence-electron chi connectivity index (χ2n) is 10.4. The quantitative estimate of drug-likeness (QED) is 0.166. The predicted octanol–water partition coefficient (Wildman–Crippen LogP) is 9.38. The molecule has 4 aromatic carbocycles. The zero-order chi connectivity index (χ0) is 27.9. The number of hydrogen-bond donors (Lipinski definition) is 0. The van der Waals surface area contributed by atoms with Gasteiger partial charge in [-0.2, -0.15) is 0 Å². The van der Waals surface area contributed by atoms with Gasteiger partial charge in [-0.3, -0.25) is 9.97 Å². The first kappa shape index (κ1) is 24.1. The highest BCUT2D eigenvalue weighted by Gasteiger charge is 2.08. The third-order valence-electron chi connectivity index (χ3n) is 7.75. The Balaban J connectivity index is 1.03. The second-order valence-corrected chi connectivity index (χ2v) is 10.4. The molecule has 0 amide bonds. The largest absolute Gasteiger partial charge is 0.254 e. The summed E-state index contributed by atoms with van der Waals surface area (Å²) in [5.41, 5.74) is 10.0. The minimum Gasteiger partial charge on any atom is -0.254 e. The standard InChI is InChI=1S/C38H24N4/c1-3-29-15-17-31-19-21-33(41-37(31)35(29)39-23-1)27-11-7-25(8-12-27)5-6-26-9-13-28(14-10-26)34-22-20-32-18-16-30-4-2-24-40-36(30)38(32)42-34/h1-24H. The molecule has 0 fully saturated rings. The molecule has 0 spiro atoms. The van der Waals surface area contributed by atoms with Crippen LogP contribution in [0.25, 0.3) is 78.3 Å². The summed E-state index contributed by atoms with van der Waals surface area (Å²) in [6.07, 6.45) is 7.92. The van der Waals surface area contributed by atoms with Crippen LogP contribution in [0.15, 0.2) is 134 Å². The summed E-state index contributed by atoms with van der Waals surface area (Å²) < 4.78 is 0. The Kier molecular flexibility index (Phi) is 5.75. The van der Waals surface area contributed by atoms with Crippen LogP contribution in [0, 0.1) is 0 Å². The van der Waals surface area contributed by atoms with Crippen LogP contribution < -0.4 is 0 Å². The molecule has 4 heterocycles. The molecule has 0 unspecified atom stereocenters. The van der Waals surface area contributed by atoms with Gasteiger partial charge in [0.05, 0.1) is 33.5 Å². The second kappa shape index (κ2) is 10.0. The lowest BCUT2D eigenvalue weighted by Gasteiger charge is -2.07. The summed E-state index contributed by atoms with van der Waals surface area (Å²) in [6, 6.07) is 41.9. The van der Waals surface area contributed by atoms with E-state index in [0.29, 0.717) is 0 Å². The highest BCUT2D eigenvalue weighted by molar-refractivity contribution is 6.04. The lowest BCUT2D eigenvalue weighted by Crippen LogP contribution is -1.89. The highest BCUT2D eigenvalue weighted by atomic mass is 14.8. The molecule has 0 saturated heterocycles. The van der Waals surface area contributed by atoms with Gasteiger partial charge in [-0.05, 0) is 35.4 Å². The molecule has 0 N–H and O–H groups in total. The molecule has 0 radical (unpaired) electrons. The minimum absolute atomic E-state index is 0.932. The Morgan fingerprint density at radius 2 is 0.738 bits per heavy atom. The van der Waals surface area contributed by atoms with Gasteiger partial charge in [0.15, 0.2) is 0 Å². The van der Waals surface area contributed by atoms with Crippen molar-refractivity contribution in [2.45, 2.75) is 0 Å². The van der Waals surface area contributed by atoms with Gasteiger partial charge in [-0.1, -0.05) is 109 Å². The lowest BCUT2D eigenvalue weighted by molar-refractivity contribution is 1.37. The minimum atomic E-state index is 0.932. The zero-order valence-corrected chi connectivity index (χ0v) is 22.6. The molecule has 4 nitrogen and oxygen atoms in total. The van der Waals surface area contributed by atoms with Crippen LogP contribution in [0.3, 0.4) is 0 Å². The third-order valence-corrected chi connectivity index (χ3v) is 7.75. The van der Waals surface area contributed by atoms with E-state index >= 15 is 0 Å². The first-order chi connectivity index (χ1) is 20.8. The summed E-state index contributed by atoms with van der Waals surface area (Å²) in [4.78, 5) is 19.1. The number of hydrogen-bond acceptors (Lipinski definition) is 4. The molecule has 0 atom stereocenters. The molecule has 8 aromatic rings. The zero-order valence-electron chi connectivity index (χ0n) is 22.6. The molecule has 4 heteroatoms. The molecule has 196 valence electrons. The van der Waals surface area contributed by atoms with Crippen molar-refractivity contribution < 1.29 is 0 Å². The smallest absolute Gasteiger partial charge is 0.0972 e. The molecule has 8 rings (SSSR count). The van der Waals surface area contributed by atoms with Gasteiger partial charge in [0.25, 0.3) is 0 Å². The van der Waals surface area contributed by atoms with Gasteiger partial charge in [-0.25, -0.2) is 9.97 Å². The van der Waals surface area contributed by atoms with Crippen molar-refractivity contribution in [3.63, 3.8) is 0 Å². The van der Waals surface area contributed by atoms with Crippen molar-refractivity contribution in [1.82, 2.24) is 19.9 Å². The molecule has 0 aliphatic carbocycles. The maximum absolute atomic E-state index is 4.97. The SMILES string of the molecule is C(=Cc1ccc(-c2ccc3ccc4cccnc4c3n2)cc1)c1ccc(-c2ccc3ccc4cccnc4c3n2)cc1. The number of fused-ring (bicyclic) bond motifs is 6.